The average molecular weight is 579 g/mol. The number of rotatable bonds is 33. The lowest BCUT2D eigenvalue weighted by Crippen LogP contribution is -2.21. The van der Waals surface area contributed by atoms with Crippen LogP contribution in [0.2, 0.25) is 0 Å². The molecule has 0 saturated carbocycles. The van der Waals surface area contributed by atoms with Gasteiger partial charge in [0.25, 0.3) is 0 Å². The summed E-state index contributed by atoms with van der Waals surface area (Å²) in [6.45, 7) is 4.44. The number of esters is 1. The van der Waals surface area contributed by atoms with Crippen LogP contribution in [0.5, 0.6) is 0 Å². The fourth-order valence-corrected chi connectivity index (χ4v) is 5.72. The highest BCUT2D eigenvalue weighted by Crippen LogP contribution is 2.19. The Labute approximate surface area is 255 Å². The molecule has 0 fully saturated rings. The van der Waals surface area contributed by atoms with E-state index in [0.717, 1.165) is 19.3 Å². The molecular weight excluding hydrogens is 508 g/mol. The van der Waals surface area contributed by atoms with Crippen LogP contribution in [0.3, 0.4) is 0 Å². The normalized spacial score (nSPS) is 12.2. The summed E-state index contributed by atoms with van der Waals surface area (Å²) in [4.78, 5) is 23.1. The van der Waals surface area contributed by atoms with E-state index < -0.39 is 11.9 Å². The molecule has 1 unspecified atom stereocenters. The minimum absolute atomic E-state index is 0.110. The molecular formula is C37H70O4. The first-order valence-electron chi connectivity index (χ1n) is 18.1. The third kappa shape index (κ3) is 31.4. The number of unbranched alkanes of at least 4 members (excludes halogenated alkanes) is 25. The molecule has 1 N–H and O–H groups in total. The van der Waals surface area contributed by atoms with E-state index in [-0.39, 0.29) is 12.4 Å². The van der Waals surface area contributed by atoms with Gasteiger partial charge in [0.15, 0.2) is 0 Å². The minimum atomic E-state index is -0.914. The summed E-state index contributed by atoms with van der Waals surface area (Å²) < 4.78 is 5.16. The maximum Gasteiger partial charge on any atom is 0.309 e. The Hall–Kier alpha value is -1.32. The fourth-order valence-electron chi connectivity index (χ4n) is 5.72. The van der Waals surface area contributed by atoms with Gasteiger partial charge in [-0.15, -0.1) is 0 Å². The Morgan fingerprint density at radius 2 is 0.927 bits per heavy atom. The summed E-state index contributed by atoms with van der Waals surface area (Å²) in [6.07, 6.45) is 41.2. The number of carbonyl (C=O) groups excluding carboxylic acids is 1. The number of carboxylic acids is 1. The predicted molar refractivity (Wildman–Crippen MR) is 176 cm³/mol. The van der Waals surface area contributed by atoms with Gasteiger partial charge in [-0.1, -0.05) is 173 Å². The van der Waals surface area contributed by atoms with Crippen LogP contribution in [-0.2, 0) is 14.3 Å². The van der Waals surface area contributed by atoms with Crippen LogP contribution < -0.4 is 0 Å². The largest absolute Gasteiger partial charge is 0.481 e. The van der Waals surface area contributed by atoms with E-state index >= 15 is 0 Å². The Bertz CT molecular complexity index is 585. The second-order valence-electron chi connectivity index (χ2n) is 12.4. The van der Waals surface area contributed by atoms with Gasteiger partial charge >= 0.3 is 11.9 Å². The highest BCUT2D eigenvalue weighted by molar-refractivity contribution is 5.79. The molecule has 0 aromatic carbocycles. The molecule has 41 heavy (non-hydrogen) atoms. The van der Waals surface area contributed by atoms with Crippen molar-refractivity contribution in [1.29, 1.82) is 0 Å². The third-order valence-electron chi connectivity index (χ3n) is 8.36. The Kier molecular flexibility index (Phi) is 32.1. The lowest BCUT2D eigenvalue weighted by atomic mass is 9.97. The van der Waals surface area contributed by atoms with Gasteiger partial charge < -0.3 is 9.84 Å². The van der Waals surface area contributed by atoms with E-state index in [1.165, 1.54) is 154 Å². The van der Waals surface area contributed by atoms with E-state index in [0.29, 0.717) is 13.0 Å². The van der Waals surface area contributed by atoms with E-state index in [2.05, 4.69) is 19.1 Å². The molecule has 0 rings (SSSR count). The van der Waals surface area contributed by atoms with Gasteiger partial charge in [0.1, 0.15) is 0 Å². The van der Waals surface area contributed by atoms with Crippen molar-refractivity contribution in [2.75, 3.05) is 6.61 Å². The number of aliphatic carboxylic acids is 1. The van der Waals surface area contributed by atoms with Crippen molar-refractivity contribution in [1.82, 2.24) is 0 Å². The first kappa shape index (κ1) is 39.7. The zero-order valence-electron chi connectivity index (χ0n) is 27.6. The molecule has 0 aliphatic carbocycles. The van der Waals surface area contributed by atoms with Gasteiger partial charge in [-0.05, 0) is 32.6 Å². The molecule has 0 aromatic rings. The number of carboxylic acid groups (broad SMARTS) is 1. The number of allylic oxidation sites excluding steroid dienone is 2. The lowest BCUT2D eigenvalue weighted by molar-refractivity contribution is -0.153. The van der Waals surface area contributed by atoms with Crippen LogP contribution in [0.15, 0.2) is 12.2 Å². The monoisotopic (exact) mass is 579 g/mol. The highest BCUT2D eigenvalue weighted by Gasteiger charge is 2.22. The van der Waals surface area contributed by atoms with Gasteiger partial charge in [-0.3, -0.25) is 9.59 Å². The Balaban J connectivity index is 3.28. The third-order valence-corrected chi connectivity index (χ3v) is 8.36. The molecule has 1 atom stereocenters. The second kappa shape index (κ2) is 33.2. The predicted octanol–water partition coefficient (Wildman–Crippen LogP) is 12.1. The van der Waals surface area contributed by atoms with E-state index in [1.54, 1.807) is 0 Å². The maximum atomic E-state index is 12.0. The average Bonchev–Trinajstić information content (AvgIpc) is 2.96. The summed E-state index contributed by atoms with van der Waals surface area (Å²) in [5.41, 5.74) is 0. The van der Waals surface area contributed by atoms with Crippen molar-refractivity contribution < 1.29 is 19.4 Å². The quantitative estimate of drug-likeness (QED) is 0.0478. The number of hydrogen-bond acceptors (Lipinski definition) is 3. The van der Waals surface area contributed by atoms with Crippen molar-refractivity contribution in [3.63, 3.8) is 0 Å². The van der Waals surface area contributed by atoms with Gasteiger partial charge in [0.2, 0.25) is 0 Å². The fraction of sp³-hybridized carbons (Fsp3) is 0.892. The Morgan fingerprint density at radius 3 is 1.24 bits per heavy atom. The van der Waals surface area contributed by atoms with Crippen LogP contribution in [0.25, 0.3) is 0 Å². The molecule has 0 radical (unpaired) electrons. The van der Waals surface area contributed by atoms with Gasteiger partial charge in [0, 0.05) is 0 Å². The van der Waals surface area contributed by atoms with E-state index in [9.17, 15) is 9.59 Å². The standard InChI is InChI=1S/C37H70O4/c1-3-5-6-7-8-9-10-11-12-13-14-15-16-17-18-19-20-21-22-23-24-25-26-27-28-29-30-31-32-35(34-36(38)39)37(40)41-33-4-2/h3,5,35H,4,6-34H2,1-2H3,(H,38,39)/b5-3+. The molecule has 4 nitrogen and oxygen atoms in total. The van der Waals surface area contributed by atoms with E-state index in [1.807, 2.05) is 6.92 Å². The summed E-state index contributed by atoms with van der Waals surface area (Å²) in [7, 11) is 0. The maximum absolute atomic E-state index is 12.0. The van der Waals surface area contributed by atoms with E-state index in [4.69, 9.17) is 9.84 Å². The number of ether oxygens (including phenoxy) is 1. The van der Waals surface area contributed by atoms with Crippen molar-refractivity contribution in [2.45, 2.75) is 200 Å². The summed E-state index contributed by atoms with van der Waals surface area (Å²) in [5, 5.41) is 9.05. The van der Waals surface area contributed by atoms with Gasteiger partial charge in [-0.25, -0.2) is 0 Å². The number of carbonyl (C=O) groups is 2. The zero-order valence-corrected chi connectivity index (χ0v) is 27.6. The molecule has 0 saturated heterocycles. The van der Waals surface area contributed by atoms with Crippen LogP contribution in [0, 0.1) is 5.92 Å². The molecule has 242 valence electrons. The molecule has 0 heterocycles. The molecule has 4 heteroatoms. The zero-order chi connectivity index (χ0) is 30.1. The Morgan fingerprint density at radius 1 is 0.585 bits per heavy atom. The first-order chi connectivity index (χ1) is 20.1. The minimum Gasteiger partial charge on any atom is -0.481 e. The summed E-state index contributed by atoms with van der Waals surface area (Å²) in [6, 6.07) is 0. The molecule has 0 aliphatic heterocycles. The molecule has 0 aliphatic rings. The van der Waals surface area contributed by atoms with Crippen molar-refractivity contribution >= 4 is 11.9 Å². The van der Waals surface area contributed by atoms with Crippen LogP contribution in [0.4, 0.5) is 0 Å². The molecule has 0 aromatic heterocycles. The molecule has 0 amide bonds. The number of hydrogen-bond donors (Lipinski definition) is 1. The summed E-state index contributed by atoms with van der Waals surface area (Å²) in [5.74, 6) is -1.73. The van der Waals surface area contributed by atoms with Crippen LogP contribution >= 0.6 is 0 Å². The first-order valence-corrected chi connectivity index (χ1v) is 18.1. The van der Waals surface area contributed by atoms with Crippen molar-refractivity contribution in [3.05, 3.63) is 12.2 Å². The van der Waals surface area contributed by atoms with Crippen molar-refractivity contribution in [3.8, 4) is 0 Å². The van der Waals surface area contributed by atoms with Gasteiger partial charge in [-0.2, -0.15) is 0 Å². The second-order valence-corrected chi connectivity index (χ2v) is 12.4. The van der Waals surface area contributed by atoms with Crippen LogP contribution in [0.1, 0.15) is 200 Å². The van der Waals surface area contributed by atoms with Crippen LogP contribution in [-0.4, -0.2) is 23.7 Å². The molecule has 0 bridgehead atoms. The highest BCUT2D eigenvalue weighted by atomic mass is 16.5. The topological polar surface area (TPSA) is 63.6 Å². The van der Waals surface area contributed by atoms with Crippen molar-refractivity contribution in [2.24, 2.45) is 5.92 Å². The SMILES string of the molecule is C/C=C/CCCCCCCCCCCCCCCCCCCCCCCCCCCC(CC(=O)O)C(=O)OCCC. The smallest absolute Gasteiger partial charge is 0.309 e. The summed E-state index contributed by atoms with van der Waals surface area (Å²) >= 11 is 0. The lowest BCUT2D eigenvalue weighted by Gasteiger charge is -2.13. The van der Waals surface area contributed by atoms with Gasteiger partial charge in [0.05, 0.1) is 18.9 Å². The molecule has 0 spiro atoms.